The van der Waals surface area contributed by atoms with Crippen LogP contribution in [0.25, 0.3) is 10.8 Å². The van der Waals surface area contributed by atoms with Gasteiger partial charge in [0.25, 0.3) is 0 Å². The number of benzene rings is 2. The first-order chi connectivity index (χ1) is 15.1. The number of halogens is 1. The molecule has 2 N–H and O–H groups in total. The number of anilines is 2. The number of aromatic nitrogens is 2. The number of fused-ring (bicyclic) bond motifs is 2. The van der Waals surface area contributed by atoms with E-state index in [1.807, 2.05) is 12.1 Å². The Morgan fingerprint density at radius 2 is 2.03 bits per heavy atom. The zero-order valence-corrected chi connectivity index (χ0v) is 18.3. The number of rotatable bonds is 4. The predicted octanol–water partition coefficient (Wildman–Crippen LogP) is 3.14. The van der Waals surface area contributed by atoms with Gasteiger partial charge in [0.2, 0.25) is 0 Å². The van der Waals surface area contributed by atoms with Gasteiger partial charge in [-0.25, -0.2) is 0 Å². The summed E-state index contributed by atoms with van der Waals surface area (Å²) >= 11 is 6.55. The third kappa shape index (κ3) is 4.13. The highest BCUT2D eigenvalue weighted by Crippen LogP contribution is 2.35. The third-order valence-corrected chi connectivity index (χ3v) is 6.30. The van der Waals surface area contributed by atoms with Crippen LogP contribution < -0.4 is 15.4 Å². The number of nitrogens with zero attached hydrogens (tertiary/aromatic N) is 4. The highest BCUT2D eigenvalue weighted by molar-refractivity contribution is 6.36. The summed E-state index contributed by atoms with van der Waals surface area (Å²) in [7, 11) is 2.08. The maximum absolute atomic E-state index is 6.55. The van der Waals surface area contributed by atoms with Crippen molar-refractivity contribution in [1.29, 1.82) is 0 Å². The van der Waals surface area contributed by atoms with E-state index in [1.165, 1.54) is 0 Å². The van der Waals surface area contributed by atoms with Crippen LogP contribution in [0.2, 0.25) is 5.02 Å². The zero-order chi connectivity index (χ0) is 21.4. The molecular weight excluding hydrogens is 414 g/mol. The maximum Gasteiger partial charge on any atom is 0.318 e. The van der Waals surface area contributed by atoms with Gasteiger partial charge < -0.3 is 25.0 Å². The molecular formula is C23H26ClN5O2. The predicted molar refractivity (Wildman–Crippen MR) is 123 cm³/mol. The van der Waals surface area contributed by atoms with Gasteiger partial charge in [0.05, 0.1) is 23.9 Å². The number of hydrogen-bond acceptors (Lipinski definition) is 7. The van der Waals surface area contributed by atoms with Crippen LogP contribution in [-0.4, -0.2) is 60.9 Å². The number of ether oxygens (including phenoxy) is 2. The van der Waals surface area contributed by atoms with E-state index in [0.29, 0.717) is 31.6 Å². The van der Waals surface area contributed by atoms with Crippen LogP contribution in [0.4, 0.5) is 11.5 Å². The standard InChI is InChI=1S/C23H26ClN5O2/c1-28-10-11-30-16(12-28)14-31-23-26-19-13-29(9-8-17(19)22(25)27-23)20-7-3-5-15-4-2-6-18(24)21(15)20/h2-7,16H,8-14H2,1H3,(H2,25,26,27)/t16-/m1/s1. The summed E-state index contributed by atoms with van der Waals surface area (Å²) in [5.74, 6) is 0.497. The van der Waals surface area contributed by atoms with Crippen molar-refractivity contribution in [2.75, 3.05) is 50.5 Å². The van der Waals surface area contributed by atoms with Crippen molar-refractivity contribution in [2.24, 2.45) is 0 Å². The van der Waals surface area contributed by atoms with Crippen molar-refractivity contribution >= 4 is 33.9 Å². The van der Waals surface area contributed by atoms with E-state index in [4.69, 9.17) is 31.8 Å². The van der Waals surface area contributed by atoms with Gasteiger partial charge in [-0.1, -0.05) is 35.9 Å². The molecule has 1 fully saturated rings. The minimum atomic E-state index is 0.00827. The number of nitrogens with two attached hydrogens (primary N) is 1. The van der Waals surface area contributed by atoms with Crippen molar-refractivity contribution in [3.05, 3.63) is 52.7 Å². The third-order valence-electron chi connectivity index (χ3n) is 5.99. The van der Waals surface area contributed by atoms with Crippen LogP contribution >= 0.6 is 11.6 Å². The van der Waals surface area contributed by atoms with Crippen LogP contribution in [-0.2, 0) is 17.7 Å². The highest BCUT2D eigenvalue weighted by atomic mass is 35.5. The first kappa shape index (κ1) is 20.3. The van der Waals surface area contributed by atoms with Crippen LogP contribution in [0.15, 0.2) is 36.4 Å². The smallest absolute Gasteiger partial charge is 0.318 e. The molecule has 162 valence electrons. The van der Waals surface area contributed by atoms with Gasteiger partial charge in [-0.15, -0.1) is 0 Å². The first-order valence-electron chi connectivity index (χ1n) is 10.6. The number of nitrogen functional groups attached to an aromatic ring is 1. The number of hydrogen-bond donors (Lipinski definition) is 1. The molecule has 0 saturated carbocycles. The van der Waals surface area contributed by atoms with Crippen molar-refractivity contribution < 1.29 is 9.47 Å². The monoisotopic (exact) mass is 439 g/mol. The van der Waals surface area contributed by atoms with Gasteiger partial charge >= 0.3 is 6.01 Å². The van der Waals surface area contributed by atoms with Crippen LogP contribution in [0, 0.1) is 0 Å². The molecule has 0 spiro atoms. The Balaban J connectivity index is 1.38. The molecule has 1 atom stereocenters. The van der Waals surface area contributed by atoms with E-state index < -0.39 is 0 Å². The van der Waals surface area contributed by atoms with E-state index in [2.05, 4.69) is 46.1 Å². The molecule has 0 amide bonds. The van der Waals surface area contributed by atoms with E-state index in [-0.39, 0.29) is 6.10 Å². The van der Waals surface area contributed by atoms with Gasteiger partial charge in [0.1, 0.15) is 18.5 Å². The highest BCUT2D eigenvalue weighted by Gasteiger charge is 2.24. The fraction of sp³-hybridized carbons (Fsp3) is 0.391. The largest absolute Gasteiger partial charge is 0.461 e. The lowest BCUT2D eigenvalue weighted by atomic mass is 10.0. The molecule has 1 saturated heterocycles. The van der Waals surface area contributed by atoms with Crippen LogP contribution in [0.5, 0.6) is 6.01 Å². The lowest BCUT2D eigenvalue weighted by Gasteiger charge is -2.32. The normalized spacial score (nSPS) is 19.4. The topological polar surface area (TPSA) is 76.7 Å². The number of morpholine rings is 1. The lowest BCUT2D eigenvalue weighted by molar-refractivity contribution is -0.0417. The molecule has 3 heterocycles. The second kappa shape index (κ2) is 8.49. The molecule has 0 radical (unpaired) electrons. The van der Waals surface area contributed by atoms with Crippen molar-refractivity contribution in [1.82, 2.24) is 14.9 Å². The minimum Gasteiger partial charge on any atom is -0.461 e. The molecule has 2 aromatic carbocycles. The quantitative estimate of drug-likeness (QED) is 0.669. The summed E-state index contributed by atoms with van der Waals surface area (Å²) in [6.07, 6.45) is 0.785. The Morgan fingerprint density at radius 3 is 2.87 bits per heavy atom. The molecule has 0 unspecified atom stereocenters. The molecule has 2 aliphatic heterocycles. The Hall–Kier alpha value is -2.61. The summed E-state index contributed by atoms with van der Waals surface area (Å²) in [5, 5.41) is 2.94. The molecule has 5 rings (SSSR count). The van der Waals surface area contributed by atoms with Crippen molar-refractivity contribution in [2.45, 2.75) is 19.1 Å². The van der Waals surface area contributed by atoms with Gasteiger partial charge in [-0.3, -0.25) is 0 Å². The summed E-state index contributed by atoms with van der Waals surface area (Å²) < 4.78 is 11.6. The molecule has 31 heavy (non-hydrogen) atoms. The minimum absolute atomic E-state index is 0.00827. The second-order valence-electron chi connectivity index (χ2n) is 8.17. The first-order valence-corrected chi connectivity index (χ1v) is 11.0. The van der Waals surface area contributed by atoms with E-state index >= 15 is 0 Å². The molecule has 3 aromatic rings. The molecule has 0 bridgehead atoms. The van der Waals surface area contributed by atoms with Gasteiger partial charge in [0.15, 0.2) is 0 Å². The van der Waals surface area contributed by atoms with Gasteiger partial charge in [-0.05, 0) is 31.0 Å². The van der Waals surface area contributed by atoms with Gasteiger partial charge in [0, 0.05) is 36.3 Å². The summed E-state index contributed by atoms with van der Waals surface area (Å²) in [6, 6.07) is 12.6. The molecule has 7 nitrogen and oxygen atoms in total. The van der Waals surface area contributed by atoms with E-state index in [1.54, 1.807) is 0 Å². The summed E-state index contributed by atoms with van der Waals surface area (Å²) in [5.41, 5.74) is 9.27. The Bertz CT molecular complexity index is 1100. The van der Waals surface area contributed by atoms with Crippen molar-refractivity contribution in [3.8, 4) is 6.01 Å². The van der Waals surface area contributed by atoms with E-state index in [0.717, 1.165) is 58.8 Å². The lowest BCUT2D eigenvalue weighted by Crippen LogP contribution is -2.42. The molecule has 1 aromatic heterocycles. The zero-order valence-electron chi connectivity index (χ0n) is 17.6. The molecule has 0 aliphatic carbocycles. The average Bonchev–Trinajstić information content (AvgIpc) is 2.77. The number of likely N-dealkylation sites (N-methyl/N-ethyl adjacent to an activating group) is 1. The molecule has 8 heteroatoms. The second-order valence-corrected chi connectivity index (χ2v) is 8.58. The maximum atomic E-state index is 6.55. The Labute approximate surface area is 186 Å². The SMILES string of the molecule is CN1CCO[C@@H](COc2nc(N)c3c(n2)CN(c2cccc4cccc(Cl)c24)CC3)C1. The fourth-order valence-corrected chi connectivity index (χ4v) is 4.66. The summed E-state index contributed by atoms with van der Waals surface area (Å²) in [4.78, 5) is 13.6. The van der Waals surface area contributed by atoms with Crippen LogP contribution in [0.3, 0.4) is 0 Å². The Kier molecular flexibility index (Phi) is 5.56. The van der Waals surface area contributed by atoms with Gasteiger partial charge in [-0.2, -0.15) is 9.97 Å². The summed E-state index contributed by atoms with van der Waals surface area (Å²) in [6.45, 7) is 4.34. The van der Waals surface area contributed by atoms with E-state index in [9.17, 15) is 0 Å². The van der Waals surface area contributed by atoms with Crippen LogP contribution in [0.1, 0.15) is 11.3 Å². The average molecular weight is 440 g/mol. The van der Waals surface area contributed by atoms with Crippen molar-refractivity contribution in [3.63, 3.8) is 0 Å². The fourth-order valence-electron chi connectivity index (χ4n) is 4.38. The molecule has 2 aliphatic rings. The Morgan fingerprint density at radius 1 is 1.19 bits per heavy atom.